The van der Waals surface area contributed by atoms with Crippen LogP contribution < -0.4 is 0 Å². The van der Waals surface area contributed by atoms with E-state index in [1.165, 1.54) is 22.0 Å². The van der Waals surface area contributed by atoms with Crippen LogP contribution >= 0.6 is 0 Å². The number of fused-ring (bicyclic) bond motifs is 1. The fraction of sp³-hybridized carbons (Fsp3) is 0.231. The van der Waals surface area contributed by atoms with Crippen LogP contribution in [0.25, 0.3) is 10.9 Å². The van der Waals surface area contributed by atoms with Crippen molar-refractivity contribution in [3.05, 3.63) is 48.2 Å². The molecular weight excluding hydrogens is 170 g/mol. The van der Waals surface area contributed by atoms with Gasteiger partial charge in [0.05, 0.1) is 0 Å². The SMILES string of the molecule is C=C(C)CCc1c[nH]c2ccccc12. The molecule has 0 spiro atoms. The standard InChI is InChI=1S/C13H15N/c1-10(2)7-8-11-9-14-13-6-4-3-5-12(11)13/h3-6,9,14H,1,7-8H2,2H3. The zero-order valence-electron chi connectivity index (χ0n) is 8.51. The van der Waals surface area contributed by atoms with Crippen LogP contribution in [0, 0.1) is 0 Å². The van der Waals surface area contributed by atoms with E-state index in [1.54, 1.807) is 0 Å². The fourth-order valence-electron chi connectivity index (χ4n) is 1.69. The van der Waals surface area contributed by atoms with Crippen LogP contribution in [0.5, 0.6) is 0 Å². The number of para-hydroxylation sites is 1. The summed E-state index contributed by atoms with van der Waals surface area (Å²) in [6.07, 6.45) is 4.26. The molecular formula is C13H15N. The maximum absolute atomic E-state index is 3.92. The van der Waals surface area contributed by atoms with Crippen molar-refractivity contribution in [1.29, 1.82) is 0 Å². The summed E-state index contributed by atoms with van der Waals surface area (Å²) in [7, 11) is 0. The number of benzene rings is 1. The summed E-state index contributed by atoms with van der Waals surface area (Å²) in [6.45, 7) is 6.00. The van der Waals surface area contributed by atoms with Crippen molar-refractivity contribution in [2.24, 2.45) is 0 Å². The fourth-order valence-corrected chi connectivity index (χ4v) is 1.69. The maximum atomic E-state index is 3.92. The molecule has 0 bridgehead atoms. The summed E-state index contributed by atoms with van der Waals surface area (Å²) < 4.78 is 0. The Morgan fingerprint density at radius 3 is 2.93 bits per heavy atom. The third-order valence-electron chi connectivity index (χ3n) is 2.50. The van der Waals surface area contributed by atoms with Gasteiger partial charge in [-0.25, -0.2) is 0 Å². The van der Waals surface area contributed by atoms with Gasteiger partial charge in [-0.3, -0.25) is 0 Å². The second kappa shape index (κ2) is 3.70. The van der Waals surface area contributed by atoms with Crippen molar-refractivity contribution in [2.45, 2.75) is 19.8 Å². The van der Waals surface area contributed by atoms with Gasteiger partial charge in [-0.15, -0.1) is 6.58 Å². The minimum Gasteiger partial charge on any atom is -0.361 e. The molecule has 72 valence electrons. The van der Waals surface area contributed by atoms with E-state index in [4.69, 9.17) is 0 Å². The molecule has 1 N–H and O–H groups in total. The quantitative estimate of drug-likeness (QED) is 0.702. The number of hydrogen-bond donors (Lipinski definition) is 1. The number of aryl methyl sites for hydroxylation is 1. The van der Waals surface area contributed by atoms with E-state index in [2.05, 4.69) is 48.9 Å². The Bertz CT molecular complexity index is 451. The summed E-state index contributed by atoms with van der Waals surface area (Å²) in [5, 5.41) is 1.34. The highest BCUT2D eigenvalue weighted by molar-refractivity contribution is 5.83. The normalized spacial score (nSPS) is 10.6. The van der Waals surface area contributed by atoms with Gasteiger partial charge in [0.25, 0.3) is 0 Å². The van der Waals surface area contributed by atoms with Gasteiger partial charge in [0.2, 0.25) is 0 Å². The second-order valence-electron chi connectivity index (χ2n) is 3.82. The van der Waals surface area contributed by atoms with E-state index in [0.29, 0.717) is 0 Å². The Morgan fingerprint density at radius 1 is 1.36 bits per heavy atom. The molecule has 0 saturated carbocycles. The first-order valence-corrected chi connectivity index (χ1v) is 4.97. The van der Waals surface area contributed by atoms with Crippen molar-refractivity contribution >= 4 is 10.9 Å². The molecule has 0 aliphatic heterocycles. The summed E-state index contributed by atoms with van der Waals surface area (Å²) in [6, 6.07) is 8.42. The van der Waals surface area contributed by atoms with Crippen molar-refractivity contribution in [3.8, 4) is 0 Å². The molecule has 0 unspecified atom stereocenters. The predicted octanol–water partition coefficient (Wildman–Crippen LogP) is 3.68. The van der Waals surface area contributed by atoms with Gasteiger partial charge in [-0.1, -0.05) is 23.8 Å². The van der Waals surface area contributed by atoms with E-state index in [9.17, 15) is 0 Å². The van der Waals surface area contributed by atoms with Gasteiger partial charge in [0, 0.05) is 17.1 Å². The van der Waals surface area contributed by atoms with E-state index in [0.717, 1.165) is 12.8 Å². The predicted molar refractivity (Wildman–Crippen MR) is 61.4 cm³/mol. The number of nitrogens with one attached hydrogen (secondary N) is 1. The van der Waals surface area contributed by atoms with E-state index < -0.39 is 0 Å². The Hall–Kier alpha value is -1.50. The molecule has 0 fully saturated rings. The molecule has 0 amide bonds. The molecule has 0 aliphatic carbocycles. The smallest absolute Gasteiger partial charge is 0.0456 e. The molecule has 1 nitrogen and oxygen atoms in total. The molecule has 1 heterocycles. The molecule has 0 radical (unpaired) electrons. The van der Waals surface area contributed by atoms with Gasteiger partial charge in [0.15, 0.2) is 0 Å². The molecule has 1 heteroatoms. The third kappa shape index (κ3) is 1.72. The maximum Gasteiger partial charge on any atom is 0.0456 e. The molecule has 2 aromatic rings. The number of rotatable bonds is 3. The summed E-state index contributed by atoms with van der Waals surface area (Å²) in [5.74, 6) is 0. The topological polar surface area (TPSA) is 15.8 Å². The molecule has 1 aromatic carbocycles. The van der Waals surface area contributed by atoms with Crippen LogP contribution in [0.2, 0.25) is 0 Å². The van der Waals surface area contributed by atoms with E-state index in [-0.39, 0.29) is 0 Å². The number of H-pyrrole nitrogens is 1. The molecule has 14 heavy (non-hydrogen) atoms. The lowest BCUT2D eigenvalue weighted by atomic mass is 10.1. The summed E-state index contributed by atoms with van der Waals surface area (Å²) in [4.78, 5) is 3.28. The minimum absolute atomic E-state index is 1.07. The summed E-state index contributed by atoms with van der Waals surface area (Å²) >= 11 is 0. The molecule has 1 aromatic heterocycles. The Morgan fingerprint density at radius 2 is 2.14 bits per heavy atom. The van der Waals surface area contributed by atoms with Crippen molar-refractivity contribution in [2.75, 3.05) is 0 Å². The lowest BCUT2D eigenvalue weighted by Gasteiger charge is -1.98. The van der Waals surface area contributed by atoms with Crippen LogP contribution in [0.3, 0.4) is 0 Å². The van der Waals surface area contributed by atoms with Gasteiger partial charge in [-0.2, -0.15) is 0 Å². The highest BCUT2D eigenvalue weighted by Crippen LogP contribution is 2.19. The molecule has 0 aliphatic rings. The van der Waals surface area contributed by atoms with Crippen LogP contribution in [-0.2, 0) is 6.42 Å². The second-order valence-corrected chi connectivity index (χ2v) is 3.82. The molecule has 0 saturated heterocycles. The highest BCUT2D eigenvalue weighted by Gasteiger charge is 2.01. The van der Waals surface area contributed by atoms with Crippen LogP contribution in [-0.4, -0.2) is 4.98 Å². The Balaban J connectivity index is 2.29. The lowest BCUT2D eigenvalue weighted by Crippen LogP contribution is -1.83. The molecule has 0 atom stereocenters. The van der Waals surface area contributed by atoms with Crippen LogP contribution in [0.1, 0.15) is 18.9 Å². The zero-order chi connectivity index (χ0) is 9.97. The first kappa shape index (κ1) is 9.07. The number of aromatic nitrogens is 1. The van der Waals surface area contributed by atoms with Gasteiger partial charge < -0.3 is 4.98 Å². The van der Waals surface area contributed by atoms with Crippen molar-refractivity contribution in [3.63, 3.8) is 0 Å². The van der Waals surface area contributed by atoms with Gasteiger partial charge >= 0.3 is 0 Å². The highest BCUT2D eigenvalue weighted by atomic mass is 14.7. The number of allylic oxidation sites excluding steroid dienone is 1. The van der Waals surface area contributed by atoms with Crippen LogP contribution in [0.15, 0.2) is 42.6 Å². The first-order chi connectivity index (χ1) is 6.77. The third-order valence-corrected chi connectivity index (χ3v) is 2.50. The average Bonchev–Trinajstić information content (AvgIpc) is 2.58. The van der Waals surface area contributed by atoms with Crippen molar-refractivity contribution < 1.29 is 0 Å². The van der Waals surface area contributed by atoms with Gasteiger partial charge in [0.1, 0.15) is 0 Å². The van der Waals surface area contributed by atoms with E-state index in [1.807, 2.05) is 0 Å². The van der Waals surface area contributed by atoms with Gasteiger partial charge in [-0.05, 0) is 31.4 Å². The summed E-state index contributed by atoms with van der Waals surface area (Å²) in [5.41, 5.74) is 3.86. The van der Waals surface area contributed by atoms with Crippen molar-refractivity contribution in [1.82, 2.24) is 4.98 Å². The zero-order valence-corrected chi connectivity index (χ0v) is 8.51. The first-order valence-electron chi connectivity index (χ1n) is 4.97. The van der Waals surface area contributed by atoms with E-state index >= 15 is 0 Å². The lowest BCUT2D eigenvalue weighted by molar-refractivity contribution is 0.953. The Kier molecular flexibility index (Phi) is 2.40. The minimum atomic E-state index is 1.07. The monoisotopic (exact) mass is 185 g/mol. The Labute approximate surface area is 84.5 Å². The average molecular weight is 185 g/mol. The molecule has 2 rings (SSSR count). The van der Waals surface area contributed by atoms with Crippen LogP contribution in [0.4, 0.5) is 0 Å². The largest absolute Gasteiger partial charge is 0.361 e. The number of aromatic amines is 1. The number of hydrogen-bond acceptors (Lipinski definition) is 0.